The Bertz CT molecular complexity index is 441. The van der Waals surface area contributed by atoms with Crippen molar-refractivity contribution in [3.05, 3.63) is 24.3 Å². The van der Waals surface area contributed by atoms with Gasteiger partial charge in [-0.2, -0.15) is 5.48 Å². The standard InChI is InChI=1S/C16H25N3O2/c20-17-15-3-1-2-4-16(15)19-7-5-14(6-8-19)13-18-9-11-21-12-10-18/h1-4,14,17,20H,5-13H2/p+1. The van der Waals surface area contributed by atoms with Crippen LogP contribution < -0.4 is 10.4 Å². The smallest absolute Gasteiger partial charge is 0.185 e. The zero-order valence-corrected chi connectivity index (χ0v) is 12.6. The van der Waals surface area contributed by atoms with Crippen LogP contribution in [-0.2, 0) is 4.74 Å². The molecule has 2 aliphatic heterocycles. The number of quaternary nitrogens is 1. The number of nitrogens with zero attached hydrogens (tertiary/aromatic N) is 2. The highest BCUT2D eigenvalue weighted by Gasteiger charge is 2.24. The van der Waals surface area contributed by atoms with Gasteiger partial charge in [-0.3, -0.25) is 4.90 Å². The van der Waals surface area contributed by atoms with Crippen molar-refractivity contribution in [2.75, 3.05) is 50.8 Å². The second-order valence-corrected chi connectivity index (χ2v) is 6.03. The highest BCUT2D eigenvalue weighted by atomic mass is 16.5. The molecular weight excluding hydrogens is 266 g/mol. The van der Waals surface area contributed by atoms with Gasteiger partial charge in [-0.05, 0) is 24.8 Å². The van der Waals surface area contributed by atoms with Crippen molar-refractivity contribution in [2.24, 2.45) is 5.92 Å². The molecular formula is C16H26N3O2+. The molecule has 2 heterocycles. The minimum absolute atomic E-state index is 0.796. The summed E-state index contributed by atoms with van der Waals surface area (Å²) in [5.74, 6) is 0.796. The molecule has 0 aliphatic carbocycles. The molecule has 2 aliphatic rings. The quantitative estimate of drug-likeness (QED) is 0.637. The summed E-state index contributed by atoms with van der Waals surface area (Å²) in [6.45, 7) is 7.33. The molecule has 1 aromatic carbocycles. The van der Waals surface area contributed by atoms with Gasteiger partial charge >= 0.3 is 0 Å². The largest absolute Gasteiger partial charge is 0.379 e. The van der Waals surface area contributed by atoms with E-state index in [1.807, 2.05) is 18.2 Å². The molecule has 2 fully saturated rings. The van der Waals surface area contributed by atoms with Gasteiger partial charge in [-0.25, -0.2) is 5.21 Å². The lowest BCUT2D eigenvalue weighted by Crippen LogP contribution is -2.74. The van der Waals surface area contributed by atoms with E-state index in [0.717, 1.165) is 56.7 Å². The number of para-hydroxylation sites is 2. The number of nitrogens with two attached hydrogens (primary N) is 1. The Balaban J connectivity index is 1.52. The van der Waals surface area contributed by atoms with Crippen molar-refractivity contribution in [3.8, 4) is 0 Å². The number of ether oxygens (including phenoxy) is 1. The number of morpholine rings is 1. The van der Waals surface area contributed by atoms with Crippen molar-refractivity contribution in [2.45, 2.75) is 12.8 Å². The van der Waals surface area contributed by atoms with Crippen molar-refractivity contribution in [1.82, 2.24) is 4.90 Å². The van der Waals surface area contributed by atoms with Gasteiger partial charge in [0.1, 0.15) is 5.69 Å². The van der Waals surface area contributed by atoms with Crippen molar-refractivity contribution < 1.29 is 15.4 Å². The number of anilines is 1. The number of benzene rings is 1. The Morgan fingerprint density at radius 3 is 2.52 bits per heavy atom. The molecule has 5 heteroatoms. The second kappa shape index (κ2) is 7.22. The Morgan fingerprint density at radius 1 is 1.10 bits per heavy atom. The van der Waals surface area contributed by atoms with Gasteiger partial charge in [-0.15, -0.1) is 0 Å². The van der Waals surface area contributed by atoms with E-state index in [9.17, 15) is 5.21 Å². The molecule has 0 unspecified atom stereocenters. The van der Waals surface area contributed by atoms with Gasteiger partial charge in [0.25, 0.3) is 0 Å². The molecule has 3 rings (SSSR count). The van der Waals surface area contributed by atoms with E-state index in [4.69, 9.17) is 4.74 Å². The van der Waals surface area contributed by atoms with E-state index in [1.165, 1.54) is 24.9 Å². The average molecular weight is 292 g/mol. The van der Waals surface area contributed by atoms with E-state index in [1.54, 1.807) is 0 Å². The Hall–Kier alpha value is -1.14. The monoisotopic (exact) mass is 292 g/mol. The Kier molecular flexibility index (Phi) is 5.08. The van der Waals surface area contributed by atoms with Gasteiger partial charge in [0.15, 0.2) is 5.69 Å². The van der Waals surface area contributed by atoms with Crippen LogP contribution in [0.2, 0.25) is 0 Å². The Labute approximate surface area is 126 Å². The van der Waals surface area contributed by atoms with Gasteiger partial charge in [-0.1, -0.05) is 12.1 Å². The first-order valence-corrected chi connectivity index (χ1v) is 7.98. The molecule has 0 atom stereocenters. The van der Waals surface area contributed by atoms with Crippen molar-refractivity contribution in [1.29, 1.82) is 0 Å². The van der Waals surface area contributed by atoms with E-state index in [2.05, 4.69) is 15.9 Å². The van der Waals surface area contributed by atoms with E-state index in [-0.39, 0.29) is 0 Å². The molecule has 3 N–H and O–H groups in total. The van der Waals surface area contributed by atoms with Crippen LogP contribution in [0.15, 0.2) is 24.3 Å². The Morgan fingerprint density at radius 2 is 1.81 bits per heavy atom. The van der Waals surface area contributed by atoms with E-state index >= 15 is 0 Å². The summed E-state index contributed by atoms with van der Waals surface area (Å²) < 4.78 is 5.41. The number of hydrogen-bond donors (Lipinski definition) is 2. The lowest BCUT2D eigenvalue weighted by molar-refractivity contribution is -0.825. The number of hydrogen-bond acceptors (Lipinski definition) is 4. The van der Waals surface area contributed by atoms with Gasteiger partial charge in [0.2, 0.25) is 0 Å². The van der Waals surface area contributed by atoms with Crippen LogP contribution >= 0.6 is 0 Å². The first-order valence-electron chi connectivity index (χ1n) is 7.98. The summed E-state index contributed by atoms with van der Waals surface area (Å²) in [5.41, 5.74) is 3.30. The van der Waals surface area contributed by atoms with Crippen LogP contribution in [0.1, 0.15) is 12.8 Å². The zero-order chi connectivity index (χ0) is 14.5. The van der Waals surface area contributed by atoms with Crippen molar-refractivity contribution >= 4 is 11.4 Å². The molecule has 1 aromatic rings. The summed E-state index contributed by atoms with van der Waals surface area (Å²) in [7, 11) is 0. The normalized spacial score (nSPS) is 21.7. The summed E-state index contributed by atoms with van der Waals surface area (Å²) in [6, 6.07) is 8.08. The molecule has 116 valence electrons. The maximum Gasteiger partial charge on any atom is 0.185 e. The second-order valence-electron chi connectivity index (χ2n) is 6.03. The number of rotatable bonds is 4. The lowest BCUT2D eigenvalue weighted by Gasteiger charge is -2.37. The summed E-state index contributed by atoms with van der Waals surface area (Å²) in [6.07, 6.45) is 2.47. The maximum absolute atomic E-state index is 9.35. The topological polar surface area (TPSA) is 52.6 Å². The fourth-order valence-electron chi connectivity index (χ4n) is 3.39. The van der Waals surface area contributed by atoms with Crippen LogP contribution in [-0.4, -0.2) is 56.0 Å². The molecule has 0 saturated carbocycles. The van der Waals surface area contributed by atoms with E-state index < -0.39 is 0 Å². The minimum atomic E-state index is 0.796. The van der Waals surface area contributed by atoms with Gasteiger partial charge < -0.3 is 9.64 Å². The third-order valence-corrected chi connectivity index (χ3v) is 4.65. The highest BCUT2D eigenvalue weighted by Crippen LogP contribution is 2.27. The average Bonchev–Trinajstić information content (AvgIpc) is 2.56. The maximum atomic E-state index is 9.35. The molecule has 0 bridgehead atoms. The molecule has 21 heavy (non-hydrogen) atoms. The fourth-order valence-corrected chi connectivity index (χ4v) is 3.39. The first kappa shape index (κ1) is 14.8. The molecule has 5 nitrogen and oxygen atoms in total. The van der Waals surface area contributed by atoms with E-state index in [0.29, 0.717) is 0 Å². The van der Waals surface area contributed by atoms with Crippen molar-refractivity contribution in [3.63, 3.8) is 0 Å². The number of piperidine rings is 1. The fraction of sp³-hybridized carbons (Fsp3) is 0.625. The first-order chi connectivity index (χ1) is 10.4. The third kappa shape index (κ3) is 3.74. The predicted molar refractivity (Wildman–Crippen MR) is 82.0 cm³/mol. The molecule has 2 saturated heterocycles. The molecule has 0 amide bonds. The van der Waals surface area contributed by atoms with Crippen LogP contribution in [0.5, 0.6) is 0 Å². The van der Waals surface area contributed by atoms with Crippen LogP contribution in [0.4, 0.5) is 11.4 Å². The summed E-state index contributed by atoms with van der Waals surface area (Å²) >= 11 is 0. The van der Waals surface area contributed by atoms with Crippen LogP contribution in [0, 0.1) is 5.92 Å². The molecule has 0 aromatic heterocycles. The summed E-state index contributed by atoms with van der Waals surface area (Å²) in [4.78, 5) is 4.94. The van der Waals surface area contributed by atoms with Gasteiger partial charge in [0, 0.05) is 38.8 Å². The SMILES string of the molecule is O[NH2+]c1ccccc1N1CCC(CN2CCOCC2)CC1. The third-order valence-electron chi connectivity index (χ3n) is 4.65. The molecule has 0 radical (unpaired) electrons. The van der Waals surface area contributed by atoms with Crippen LogP contribution in [0.3, 0.4) is 0 Å². The molecule has 0 spiro atoms. The van der Waals surface area contributed by atoms with Gasteiger partial charge in [0.05, 0.1) is 13.2 Å². The highest BCUT2D eigenvalue weighted by molar-refractivity contribution is 5.62. The van der Waals surface area contributed by atoms with Crippen LogP contribution in [0.25, 0.3) is 0 Å². The minimum Gasteiger partial charge on any atom is -0.379 e. The zero-order valence-electron chi connectivity index (χ0n) is 12.6. The predicted octanol–water partition coefficient (Wildman–Crippen LogP) is 0.819. The lowest BCUT2D eigenvalue weighted by atomic mass is 9.95. The summed E-state index contributed by atoms with van der Waals surface area (Å²) in [5, 5.41) is 9.35.